The Labute approximate surface area is 216 Å². The predicted octanol–water partition coefficient (Wildman–Crippen LogP) is 7.10. The predicted molar refractivity (Wildman–Crippen MR) is 138 cm³/mol. The minimum absolute atomic E-state index is 0.269. The zero-order valence-electron chi connectivity index (χ0n) is 19.2. The maximum absolute atomic E-state index is 6.01. The van der Waals surface area contributed by atoms with Crippen molar-refractivity contribution in [1.29, 1.82) is 0 Å². The Bertz CT molecular complexity index is 1270. The summed E-state index contributed by atoms with van der Waals surface area (Å²) in [5.74, 6) is 4.71. The standard InChI is InChI=1S/C28H22O6S2/c1-3-21(29-15-19-7-9-25-27(11-19)33-17-31-25)13-23(5-1)35-36-24-6-2-4-22(14-24)30-16-20-8-10-26-28(12-20)34-18-32-26/h1-14H,15-18H2. The van der Waals surface area contributed by atoms with E-state index in [4.69, 9.17) is 28.4 Å². The van der Waals surface area contributed by atoms with Crippen molar-refractivity contribution in [2.45, 2.75) is 23.0 Å². The molecule has 0 unspecified atom stereocenters. The fraction of sp³-hybridized carbons (Fsp3) is 0.143. The quantitative estimate of drug-likeness (QED) is 0.218. The molecule has 8 heteroatoms. The Morgan fingerprint density at radius 3 is 1.50 bits per heavy atom. The van der Waals surface area contributed by atoms with E-state index in [9.17, 15) is 0 Å². The molecule has 2 aliphatic rings. The van der Waals surface area contributed by atoms with Crippen molar-refractivity contribution < 1.29 is 28.4 Å². The third-order valence-electron chi connectivity index (χ3n) is 5.53. The molecule has 0 aromatic heterocycles. The van der Waals surface area contributed by atoms with Crippen molar-refractivity contribution in [3.05, 3.63) is 96.1 Å². The van der Waals surface area contributed by atoms with Crippen molar-refractivity contribution in [2.24, 2.45) is 0 Å². The summed E-state index contributed by atoms with van der Waals surface area (Å²) in [7, 11) is 3.35. The van der Waals surface area contributed by atoms with E-state index in [0.717, 1.165) is 55.4 Å². The molecule has 182 valence electrons. The highest BCUT2D eigenvalue weighted by Crippen LogP contribution is 2.40. The maximum atomic E-state index is 6.01. The van der Waals surface area contributed by atoms with Gasteiger partial charge in [0.05, 0.1) is 0 Å². The molecule has 0 fully saturated rings. The third kappa shape index (κ3) is 5.45. The molecule has 0 saturated carbocycles. The molecule has 0 saturated heterocycles. The van der Waals surface area contributed by atoms with Crippen molar-refractivity contribution in [1.82, 2.24) is 0 Å². The van der Waals surface area contributed by atoms with Crippen molar-refractivity contribution >= 4 is 21.6 Å². The van der Waals surface area contributed by atoms with Crippen LogP contribution in [0.4, 0.5) is 0 Å². The normalized spacial score (nSPS) is 13.0. The second kappa shape index (κ2) is 10.6. The van der Waals surface area contributed by atoms with Crippen LogP contribution >= 0.6 is 21.6 Å². The molecule has 0 bridgehead atoms. The first-order valence-corrected chi connectivity index (χ1v) is 13.5. The number of benzene rings is 4. The van der Waals surface area contributed by atoms with Crippen LogP contribution in [-0.2, 0) is 13.2 Å². The minimum Gasteiger partial charge on any atom is -0.489 e. The summed E-state index contributed by atoms with van der Waals surface area (Å²) in [6.07, 6.45) is 0. The monoisotopic (exact) mass is 518 g/mol. The van der Waals surface area contributed by atoms with Crippen LogP contribution in [0.15, 0.2) is 94.7 Å². The lowest BCUT2D eigenvalue weighted by molar-refractivity contribution is 0.173. The summed E-state index contributed by atoms with van der Waals surface area (Å²) in [6, 6.07) is 27.9. The van der Waals surface area contributed by atoms with Gasteiger partial charge in [-0.25, -0.2) is 0 Å². The first kappa shape index (κ1) is 22.8. The molecule has 4 aromatic rings. The molecule has 0 N–H and O–H groups in total. The van der Waals surface area contributed by atoms with Gasteiger partial charge in [0.15, 0.2) is 23.0 Å². The van der Waals surface area contributed by atoms with E-state index < -0.39 is 0 Å². The highest BCUT2D eigenvalue weighted by molar-refractivity contribution is 8.76. The van der Waals surface area contributed by atoms with Crippen LogP contribution in [0.5, 0.6) is 34.5 Å². The average molecular weight is 519 g/mol. The van der Waals surface area contributed by atoms with Gasteiger partial charge in [-0.05, 0) is 71.8 Å². The minimum atomic E-state index is 0.269. The smallest absolute Gasteiger partial charge is 0.231 e. The SMILES string of the molecule is c1cc(OCc2ccc3c(c2)OCO3)cc(SSc2cccc(OCc3ccc4c(c3)OCO4)c2)c1. The summed E-state index contributed by atoms with van der Waals surface area (Å²) in [4.78, 5) is 2.21. The zero-order chi connectivity index (χ0) is 24.2. The van der Waals surface area contributed by atoms with Gasteiger partial charge >= 0.3 is 0 Å². The molecule has 0 spiro atoms. The molecule has 0 radical (unpaired) electrons. The van der Waals surface area contributed by atoms with E-state index in [2.05, 4.69) is 12.1 Å². The van der Waals surface area contributed by atoms with Gasteiger partial charge in [-0.15, -0.1) is 0 Å². The van der Waals surface area contributed by atoms with Gasteiger partial charge in [0.2, 0.25) is 13.6 Å². The molecule has 2 heterocycles. The van der Waals surface area contributed by atoms with Crippen molar-refractivity contribution in [2.75, 3.05) is 13.6 Å². The average Bonchev–Trinajstić information content (AvgIpc) is 3.59. The number of rotatable bonds is 9. The van der Waals surface area contributed by atoms with E-state index in [1.165, 1.54) is 0 Å². The summed E-state index contributed by atoms with van der Waals surface area (Å²) in [6.45, 7) is 1.46. The largest absolute Gasteiger partial charge is 0.489 e. The van der Waals surface area contributed by atoms with Crippen molar-refractivity contribution in [3.63, 3.8) is 0 Å². The van der Waals surface area contributed by atoms with Crippen LogP contribution in [0.3, 0.4) is 0 Å². The Morgan fingerprint density at radius 1 is 0.528 bits per heavy atom. The van der Waals surface area contributed by atoms with Crippen LogP contribution in [0.2, 0.25) is 0 Å². The van der Waals surface area contributed by atoms with Gasteiger partial charge in [0.1, 0.15) is 24.7 Å². The second-order valence-electron chi connectivity index (χ2n) is 8.07. The Morgan fingerprint density at radius 2 is 1.00 bits per heavy atom. The van der Waals surface area contributed by atoms with Crippen LogP contribution in [0, 0.1) is 0 Å². The van der Waals surface area contributed by atoms with Gasteiger partial charge in [0, 0.05) is 9.79 Å². The van der Waals surface area contributed by atoms with Gasteiger partial charge < -0.3 is 28.4 Å². The maximum Gasteiger partial charge on any atom is 0.231 e. The Kier molecular flexibility index (Phi) is 6.69. The van der Waals surface area contributed by atoms with Gasteiger partial charge in [-0.3, -0.25) is 0 Å². The third-order valence-corrected chi connectivity index (χ3v) is 7.91. The Hall–Kier alpha value is -3.62. The highest BCUT2D eigenvalue weighted by atomic mass is 33.1. The molecule has 0 amide bonds. The summed E-state index contributed by atoms with van der Waals surface area (Å²) < 4.78 is 33.6. The van der Waals surface area contributed by atoms with Gasteiger partial charge in [-0.2, -0.15) is 0 Å². The molecule has 0 atom stereocenters. The lowest BCUT2D eigenvalue weighted by atomic mass is 10.2. The van der Waals surface area contributed by atoms with Crippen LogP contribution in [-0.4, -0.2) is 13.6 Å². The molecule has 6 nitrogen and oxygen atoms in total. The van der Waals surface area contributed by atoms with Crippen LogP contribution in [0.25, 0.3) is 0 Å². The van der Waals surface area contributed by atoms with E-state index in [1.807, 2.05) is 72.8 Å². The fourth-order valence-corrected chi connectivity index (χ4v) is 5.71. The second-order valence-corrected chi connectivity index (χ2v) is 10.3. The number of hydrogen-bond acceptors (Lipinski definition) is 8. The number of hydrogen-bond donors (Lipinski definition) is 0. The van der Waals surface area contributed by atoms with E-state index in [0.29, 0.717) is 13.2 Å². The van der Waals surface area contributed by atoms with E-state index >= 15 is 0 Å². The molecule has 0 aliphatic carbocycles. The van der Waals surface area contributed by atoms with Crippen LogP contribution in [0.1, 0.15) is 11.1 Å². The van der Waals surface area contributed by atoms with E-state index in [-0.39, 0.29) is 13.6 Å². The molecule has 4 aromatic carbocycles. The topological polar surface area (TPSA) is 55.4 Å². The highest BCUT2D eigenvalue weighted by Gasteiger charge is 2.14. The lowest BCUT2D eigenvalue weighted by Crippen LogP contribution is -1.95. The zero-order valence-corrected chi connectivity index (χ0v) is 20.8. The lowest BCUT2D eigenvalue weighted by Gasteiger charge is -2.10. The summed E-state index contributed by atoms with van der Waals surface area (Å²) >= 11 is 0. The molecular weight excluding hydrogens is 496 g/mol. The molecule has 6 rings (SSSR count). The molecular formula is C28H22O6S2. The van der Waals surface area contributed by atoms with Gasteiger partial charge in [-0.1, -0.05) is 45.9 Å². The van der Waals surface area contributed by atoms with Crippen LogP contribution < -0.4 is 28.4 Å². The summed E-state index contributed by atoms with van der Waals surface area (Å²) in [5, 5.41) is 0. The summed E-state index contributed by atoms with van der Waals surface area (Å²) in [5.41, 5.74) is 2.06. The Balaban J connectivity index is 1.02. The van der Waals surface area contributed by atoms with E-state index in [1.54, 1.807) is 21.6 Å². The molecule has 36 heavy (non-hydrogen) atoms. The molecule has 2 aliphatic heterocycles. The van der Waals surface area contributed by atoms with Gasteiger partial charge in [0.25, 0.3) is 0 Å². The number of ether oxygens (including phenoxy) is 6. The first-order chi connectivity index (χ1) is 17.8. The first-order valence-electron chi connectivity index (χ1n) is 11.4. The fourth-order valence-electron chi connectivity index (χ4n) is 3.72. The number of fused-ring (bicyclic) bond motifs is 2. The van der Waals surface area contributed by atoms with Crippen molar-refractivity contribution in [3.8, 4) is 34.5 Å².